The Balaban J connectivity index is 0. The van der Waals surface area contributed by atoms with Crippen LogP contribution in [0, 0.1) is 0 Å². The summed E-state index contributed by atoms with van der Waals surface area (Å²) in [6.45, 7) is 15.0. The predicted molar refractivity (Wildman–Crippen MR) is 114 cm³/mol. The number of esters is 3. The minimum Gasteiger partial charge on any atom is -0.466 e. The molecule has 176 valence electrons. The van der Waals surface area contributed by atoms with Crippen molar-refractivity contribution >= 4 is 23.8 Å². The van der Waals surface area contributed by atoms with E-state index >= 15 is 0 Å². The van der Waals surface area contributed by atoms with Gasteiger partial charge in [-0.1, -0.05) is 13.8 Å². The van der Waals surface area contributed by atoms with E-state index < -0.39 is 5.97 Å². The fourth-order valence-corrected chi connectivity index (χ4v) is 2.25. The Labute approximate surface area is 180 Å². The summed E-state index contributed by atoms with van der Waals surface area (Å²) in [6.07, 6.45) is 0.293. The van der Waals surface area contributed by atoms with Gasteiger partial charge in [-0.3, -0.25) is 19.2 Å². The highest BCUT2D eigenvalue weighted by Crippen LogP contribution is 2.05. The maximum atomic E-state index is 11.9. The van der Waals surface area contributed by atoms with E-state index in [0.29, 0.717) is 32.2 Å². The Morgan fingerprint density at radius 1 is 0.767 bits per heavy atom. The number of rotatable bonds is 13. The minimum atomic E-state index is -0.547. The topological polar surface area (TPSA) is 111 Å². The molecule has 0 bridgehead atoms. The van der Waals surface area contributed by atoms with Gasteiger partial charge in [-0.05, 0) is 34.6 Å². The molecule has 9 heteroatoms. The lowest BCUT2D eigenvalue weighted by Crippen LogP contribution is -2.39. The monoisotopic (exact) mass is 432 g/mol. The summed E-state index contributed by atoms with van der Waals surface area (Å²) in [7, 11) is 0. The van der Waals surface area contributed by atoms with E-state index in [-0.39, 0.29) is 49.9 Å². The summed E-state index contributed by atoms with van der Waals surface area (Å²) >= 11 is 0. The molecule has 0 aliphatic heterocycles. The van der Waals surface area contributed by atoms with Crippen molar-refractivity contribution < 1.29 is 33.4 Å². The van der Waals surface area contributed by atoms with Crippen LogP contribution in [0.4, 0.5) is 0 Å². The molecule has 0 fully saturated rings. The Kier molecular flexibility index (Phi) is 18.9. The largest absolute Gasteiger partial charge is 0.466 e. The van der Waals surface area contributed by atoms with E-state index in [0.717, 1.165) is 0 Å². The SMILES string of the molecule is CCOC(=O)CCN(C(=O)CC(=O)OCC)C(C)C.CCOC(=O)CCNC(C)C. The molecule has 0 aliphatic carbocycles. The zero-order valence-electron chi connectivity index (χ0n) is 19.6. The fraction of sp³-hybridized carbons (Fsp3) is 0.810. The van der Waals surface area contributed by atoms with Crippen LogP contribution in [0.3, 0.4) is 0 Å². The molecule has 9 nitrogen and oxygen atoms in total. The van der Waals surface area contributed by atoms with Gasteiger partial charge in [-0.15, -0.1) is 0 Å². The molecule has 0 spiro atoms. The lowest BCUT2D eigenvalue weighted by atomic mass is 10.2. The molecule has 0 saturated heterocycles. The molecule has 0 saturated carbocycles. The number of nitrogens with zero attached hydrogens (tertiary/aromatic N) is 1. The standard InChI is InChI=1S/C13H23NO5.C8H17NO2/c1-5-18-12(16)7-8-14(10(3)4)11(15)9-13(17)19-6-2;1-4-11-8(10)5-6-9-7(2)3/h10H,5-9H2,1-4H3;7,9H,4-6H2,1-3H3. The van der Waals surface area contributed by atoms with Crippen molar-refractivity contribution in [3.05, 3.63) is 0 Å². The second-order valence-electron chi connectivity index (χ2n) is 6.88. The predicted octanol–water partition coefficient (Wildman–Crippen LogP) is 2.07. The summed E-state index contributed by atoms with van der Waals surface area (Å²) in [4.78, 5) is 46.7. The molecular weight excluding hydrogens is 392 g/mol. The van der Waals surface area contributed by atoms with Gasteiger partial charge < -0.3 is 24.4 Å². The third-order valence-electron chi connectivity index (χ3n) is 3.59. The third kappa shape index (κ3) is 17.9. The molecule has 30 heavy (non-hydrogen) atoms. The summed E-state index contributed by atoms with van der Waals surface area (Å²) in [5.41, 5.74) is 0. The molecule has 1 N–H and O–H groups in total. The van der Waals surface area contributed by atoms with Gasteiger partial charge in [0.25, 0.3) is 0 Å². The first-order valence-corrected chi connectivity index (χ1v) is 10.6. The van der Waals surface area contributed by atoms with E-state index in [4.69, 9.17) is 14.2 Å². The van der Waals surface area contributed by atoms with E-state index in [1.165, 1.54) is 4.90 Å². The van der Waals surface area contributed by atoms with Gasteiger partial charge in [0.15, 0.2) is 0 Å². The number of nitrogens with one attached hydrogen (secondary N) is 1. The van der Waals surface area contributed by atoms with Gasteiger partial charge in [-0.2, -0.15) is 0 Å². The van der Waals surface area contributed by atoms with E-state index in [1.807, 2.05) is 34.6 Å². The smallest absolute Gasteiger partial charge is 0.315 e. The van der Waals surface area contributed by atoms with Crippen LogP contribution in [0.5, 0.6) is 0 Å². The summed E-state index contributed by atoms with van der Waals surface area (Å²) in [5, 5.41) is 3.13. The van der Waals surface area contributed by atoms with E-state index in [2.05, 4.69) is 5.32 Å². The van der Waals surface area contributed by atoms with Crippen LogP contribution < -0.4 is 5.32 Å². The fourth-order valence-electron chi connectivity index (χ4n) is 2.25. The first kappa shape index (κ1) is 30.0. The number of hydrogen-bond donors (Lipinski definition) is 1. The Morgan fingerprint density at radius 2 is 1.23 bits per heavy atom. The van der Waals surface area contributed by atoms with Gasteiger partial charge in [0.05, 0.1) is 32.7 Å². The molecule has 0 rings (SSSR count). The van der Waals surface area contributed by atoms with Crippen LogP contribution in [0.1, 0.15) is 67.7 Å². The molecular formula is C21H40N2O7. The van der Waals surface area contributed by atoms with Crippen LogP contribution in [-0.2, 0) is 33.4 Å². The lowest BCUT2D eigenvalue weighted by Gasteiger charge is -2.26. The second-order valence-corrected chi connectivity index (χ2v) is 6.88. The zero-order valence-corrected chi connectivity index (χ0v) is 19.6. The quantitative estimate of drug-likeness (QED) is 0.267. The van der Waals surface area contributed by atoms with Crippen molar-refractivity contribution in [1.82, 2.24) is 10.2 Å². The summed E-state index contributed by atoms with van der Waals surface area (Å²) < 4.78 is 14.3. The summed E-state index contributed by atoms with van der Waals surface area (Å²) in [6, 6.07) is 0.348. The van der Waals surface area contributed by atoms with Crippen molar-refractivity contribution in [2.75, 3.05) is 32.9 Å². The normalized spacial score (nSPS) is 10.2. The average molecular weight is 433 g/mol. The van der Waals surface area contributed by atoms with E-state index in [1.54, 1.807) is 13.8 Å². The highest BCUT2D eigenvalue weighted by molar-refractivity contribution is 5.94. The highest BCUT2D eigenvalue weighted by Gasteiger charge is 2.21. The molecule has 0 unspecified atom stereocenters. The number of ether oxygens (including phenoxy) is 3. The second kappa shape index (κ2) is 18.8. The maximum absolute atomic E-state index is 11.9. The van der Waals surface area contributed by atoms with Crippen molar-refractivity contribution in [1.29, 1.82) is 0 Å². The number of hydrogen-bond acceptors (Lipinski definition) is 8. The zero-order chi connectivity index (χ0) is 23.5. The molecule has 0 aliphatic rings. The van der Waals surface area contributed by atoms with Gasteiger partial charge in [0, 0.05) is 25.2 Å². The molecule has 0 aromatic carbocycles. The van der Waals surface area contributed by atoms with Crippen molar-refractivity contribution in [2.24, 2.45) is 0 Å². The Morgan fingerprint density at radius 3 is 1.67 bits per heavy atom. The van der Waals surface area contributed by atoms with Crippen molar-refractivity contribution in [2.45, 2.75) is 79.8 Å². The first-order chi connectivity index (χ1) is 14.1. The third-order valence-corrected chi connectivity index (χ3v) is 3.59. The number of carbonyl (C=O) groups is 4. The molecule has 1 amide bonds. The number of carbonyl (C=O) groups excluding carboxylic acids is 4. The van der Waals surface area contributed by atoms with Crippen LogP contribution in [0.25, 0.3) is 0 Å². The average Bonchev–Trinajstić information content (AvgIpc) is 2.62. The van der Waals surface area contributed by atoms with E-state index in [9.17, 15) is 19.2 Å². The summed E-state index contributed by atoms with van der Waals surface area (Å²) in [5.74, 6) is -1.36. The first-order valence-electron chi connectivity index (χ1n) is 10.6. The van der Waals surface area contributed by atoms with Crippen LogP contribution in [-0.4, -0.2) is 73.7 Å². The lowest BCUT2D eigenvalue weighted by molar-refractivity contribution is -0.149. The minimum absolute atomic E-state index is 0.0867. The van der Waals surface area contributed by atoms with Crippen molar-refractivity contribution in [3.63, 3.8) is 0 Å². The van der Waals surface area contributed by atoms with Gasteiger partial charge in [0.2, 0.25) is 5.91 Å². The number of amides is 1. The highest BCUT2D eigenvalue weighted by atomic mass is 16.5. The van der Waals surface area contributed by atoms with Crippen LogP contribution in [0.15, 0.2) is 0 Å². The van der Waals surface area contributed by atoms with Gasteiger partial charge >= 0.3 is 17.9 Å². The van der Waals surface area contributed by atoms with Crippen LogP contribution >= 0.6 is 0 Å². The molecule has 0 heterocycles. The Hall–Kier alpha value is -2.16. The molecule has 0 atom stereocenters. The van der Waals surface area contributed by atoms with Gasteiger partial charge in [-0.25, -0.2) is 0 Å². The maximum Gasteiger partial charge on any atom is 0.315 e. The van der Waals surface area contributed by atoms with Crippen LogP contribution in [0.2, 0.25) is 0 Å². The van der Waals surface area contributed by atoms with Gasteiger partial charge in [0.1, 0.15) is 6.42 Å². The Bertz CT molecular complexity index is 508. The molecule has 0 radical (unpaired) electrons. The molecule has 0 aromatic rings. The van der Waals surface area contributed by atoms with Crippen molar-refractivity contribution in [3.8, 4) is 0 Å². The molecule has 0 aromatic heterocycles.